The van der Waals surface area contributed by atoms with E-state index in [0.717, 1.165) is 39.3 Å². The Bertz CT molecular complexity index is 158. The van der Waals surface area contributed by atoms with Crippen molar-refractivity contribution in [3.05, 3.63) is 0 Å². The van der Waals surface area contributed by atoms with Crippen LogP contribution in [0.4, 0.5) is 0 Å². The van der Waals surface area contributed by atoms with E-state index >= 15 is 0 Å². The van der Waals surface area contributed by atoms with E-state index in [-0.39, 0.29) is 0 Å². The first-order valence-corrected chi connectivity index (χ1v) is 13.2. The van der Waals surface area contributed by atoms with Gasteiger partial charge in [0.15, 0.2) is 0 Å². The second-order valence-corrected chi connectivity index (χ2v) is 14.5. The van der Waals surface area contributed by atoms with Crippen molar-refractivity contribution in [3.63, 3.8) is 0 Å². The summed E-state index contributed by atoms with van der Waals surface area (Å²) in [6.45, 7) is 19.8. The van der Waals surface area contributed by atoms with E-state index in [1.54, 1.807) is 0 Å². The Hall–Kier alpha value is 0.580. The Morgan fingerprint density at radius 3 is 0.882 bits per heavy atom. The molecular formula is C12H32N4Ta. The molecule has 0 aliphatic carbocycles. The molecule has 5 heteroatoms. The minimum atomic E-state index is -3.07. The average molecular weight is 413 g/mol. The summed E-state index contributed by atoms with van der Waals surface area (Å²) in [7, 11) is 0. The van der Waals surface area contributed by atoms with E-state index in [2.05, 4.69) is 51.5 Å². The molecule has 0 saturated carbocycles. The van der Waals surface area contributed by atoms with Gasteiger partial charge in [-0.2, -0.15) is 0 Å². The summed E-state index contributed by atoms with van der Waals surface area (Å²) in [4.78, 5) is 0. The molecule has 0 aliphatic rings. The van der Waals surface area contributed by atoms with Gasteiger partial charge in [0.05, 0.1) is 0 Å². The Morgan fingerprint density at radius 1 is 0.588 bits per heavy atom. The van der Waals surface area contributed by atoms with Gasteiger partial charge >= 0.3 is 113 Å². The summed E-state index contributed by atoms with van der Waals surface area (Å²) in [5.74, 6) is 0. The molecule has 0 unspecified atom stereocenters. The molecular weight excluding hydrogens is 381 g/mol. The quantitative estimate of drug-likeness (QED) is 0.625. The summed E-state index contributed by atoms with van der Waals surface area (Å²) in [5.41, 5.74) is 0. The molecule has 0 atom stereocenters. The number of rotatable bonds is 9. The number of hydrogen-bond donors (Lipinski definition) is 1. The van der Waals surface area contributed by atoms with Crippen molar-refractivity contribution >= 4 is 0 Å². The fraction of sp³-hybridized carbons (Fsp3) is 1.00. The first kappa shape index (κ1) is 17.6. The van der Waals surface area contributed by atoms with Crippen molar-refractivity contribution in [1.82, 2.24) is 9.91 Å². The van der Waals surface area contributed by atoms with Gasteiger partial charge in [-0.3, -0.25) is 0 Å². The second kappa shape index (κ2) is 8.64. The molecule has 0 aromatic heterocycles. The van der Waals surface area contributed by atoms with Crippen LogP contribution in [0.5, 0.6) is 0 Å². The van der Waals surface area contributed by atoms with E-state index in [0.29, 0.717) is 0 Å². The predicted molar refractivity (Wildman–Crippen MR) is 73.0 cm³/mol. The Labute approximate surface area is 113 Å². The fourth-order valence-electron chi connectivity index (χ4n) is 2.46. The average Bonchev–Trinajstić information content (AvgIpc) is 2.33. The van der Waals surface area contributed by atoms with Crippen LogP contribution >= 0.6 is 0 Å². The van der Waals surface area contributed by atoms with Crippen LogP contribution in [0.2, 0.25) is 0 Å². The van der Waals surface area contributed by atoms with E-state index in [4.69, 9.17) is 4.14 Å². The molecule has 17 heavy (non-hydrogen) atoms. The molecule has 0 saturated heterocycles. The van der Waals surface area contributed by atoms with E-state index < -0.39 is 18.2 Å². The van der Waals surface area contributed by atoms with Crippen LogP contribution < -0.4 is 4.14 Å². The number of hydrogen-bond acceptors (Lipinski definition) is 4. The van der Waals surface area contributed by atoms with Crippen LogP contribution in [0.15, 0.2) is 0 Å². The van der Waals surface area contributed by atoms with Gasteiger partial charge in [0, 0.05) is 0 Å². The molecule has 0 radical (unpaired) electrons. The van der Waals surface area contributed by atoms with Gasteiger partial charge in [0.2, 0.25) is 0 Å². The van der Waals surface area contributed by atoms with Crippen molar-refractivity contribution in [1.29, 1.82) is 0 Å². The first-order chi connectivity index (χ1) is 8.06. The Kier molecular flexibility index (Phi) is 8.94. The maximum absolute atomic E-state index is 6.99. The second-order valence-electron chi connectivity index (χ2n) is 4.03. The van der Waals surface area contributed by atoms with Gasteiger partial charge in [0.25, 0.3) is 0 Å². The molecule has 0 aromatic carbocycles. The zero-order valence-electron chi connectivity index (χ0n) is 12.6. The van der Waals surface area contributed by atoms with Gasteiger partial charge in [-0.15, -0.1) is 0 Å². The standard InChI is InChI=1S/3C4H10N.H2N.Ta/c3*1-3-5-4-2;;/h3*3-4H2,1-2H3;1H2;/q4*-1;+4. The van der Waals surface area contributed by atoms with Crippen molar-refractivity contribution in [2.24, 2.45) is 4.14 Å². The Balaban J connectivity index is 5.29. The van der Waals surface area contributed by atoms with Gasteiger partial charge < -0.3 is 0 Å². The molecule has 4 nitrogen and oxygen atoms in total. The minimum absolute atomic E-state index is 1.07. The molecule has 0 fully saturated rings. The predicted octanol–water partition coefficient (Wildman–Crippen LogP) is 1.78. The molecule has 0 heterocycles. The number of nitrogens with zero attached hydrogens (tertiary/aromatic N) is 3. The zero-order valence-corrected chi connectivity index (χ0v) is 15.8. The van der Waals surface area contributed by atoms with Crippen LogP contribution in [0.25, 0.3) is 0 Å². The molecule has 0 amide bonds. The van der Waals surface area contributed by atoms with Gasteiger partial charge in [-0.25, -0.2) is 0 Å². The van der Waals surface area contributed by atoms with E-state index in [9.17, 15) is 0 Å². The van der Waals surface area contributed by atoms with Crippen molar-refractivity contribution in [2.75, 3.05) is 39.3 Å². The van der Waals surface area contributed by atoms with Crippen molar-refractivity contribution in [3.8, 4) is 0 Å². The normalized spacial score (nSPS) is 13.1. The summed E-state index contributed by atoms with van der Waals surface area (Å²) >= 11 is -3.07. The van der Waals surface area contributed by atoms with E-state index in [1.165, 1.54) is 0 Å². The van der Waals surface area contributed by atoms with E-state index in [1.807, 2.05) is 0 Å². The monoisotopic (exact) mass is 413 g/mol. The van der Waals surface area contributed by atoms with Gasteiger partial charge in [-0.05, 0) is 0 Å². The number of nitrogens with two attached hydrogens (primary N) is 1. The molecule has 0 aromatic rings. The van der Waals surface area contributed by atoms with Crippen LogP contribution in [-0.4, -0.2) is 49.2 Å². The summed E-state index contributed by atoms with van der Waals surface area (Å²) in [5, 5.41) is 0. The van der Waals surface area contributed by atoms with Crippen molar-refractivity contribution in [2.45, 2.75) is 41.5 Å². The third kappa shape index (κ3) is 3.77. The van der Waals surface area contributed by atoms with Crippen LogP contribution in [0, 0.1) is 0 Å². The van der Waals surface area contributed by atoms with Crippen LogP contribution in [-0.2, 0) is 18.2 Å². The Morgan fingerprint density at radius 2 is 0.765 bits per heavy atom. The SMILES string of the molecule is CC[N](CC)[Ta]([NH2])([N](CC)CC)[N](CC)CC. The molecule has 0 rings (SSSR count). The zero-order chi connectivity index (χ0) is 13.5. The third-order valence-corrected chi connectivity index (χ3v) is 18.5. The molecule has 2 N–H and O–H groups in total. The fourth-order valence-corrected chi connectivity index (χ4v) is 15.3. The molecule has 0 aliphatic heterocycles. The molecule has 105 valence electrons. The van der Waals surface area contributed by atoms with Gasteiger partial charge in [0.1, 0.15) is 0 Å². The summed E-state index contributed by atoms with van der Waals surface area (Å²) < 4.78 is 14.7. The van der Waals surface area contributed by atoms with Crippen LogP contribution in [0.1, 0.15) is 41.5 Å². The first-order valence-electron chi connectivity index (χ1n) is 7.00. The molecule has 0 bridgehead atoms. The third-order valence-electron chi connectivity index (χ3n) is 3.44. The molecule has 0 spiro atoms. The summed E-state index contributed by atoms with van der Waals surface area (Å²) in [6, 6.07) is 0. The maximum atomic E-state index is 6.99. The topological polar surface area (TPSA) is 35.7 Å². The van der Waals surface area contributed by atoms with Crippen molar-refractivity contribution < 1.29 is 18.2 Å². The summed E-state index contributed by atoms with van der Waals surface area (Å²) in [6.07, 6.45) is 0. The van der Waals surface area contributed by atoms with Crippen LogP contribution in [0.3, 0.4) is 0 Å². The van der Waals surface area contributed by atoms with Gasteiger partial charge in [-0.1, -0.05) is 0 Å².